The van der Waals surface area contributed by atoms with Crippen molar-refractivity contribution in [3.63, 3.8) is 0 Å². The average Bonchev–Trinajstić information content (AvgIpc) is 2.98. The minimum atomic E-state index is -2.18. The smallest absolute Gasteiger partial charge is 0.224 e. The van der Waals surface area contributed by atoms with Crippen LogP contribution in [0.2, 0.25) is 0 Å². The van der Waals surface area contributed by atoms with Crippen molar-refractivity contribution in [2.45, 2.75) is 12.5 Å². The number of aromatic nitrogens is 4. The summed E-state index contributed by atoms with van der Waals surface area (Å²) in [4.78, 5) is 12.5. The van der Waals surface area contributed by atoms with Gasteiger partial charge in [-0.15, -0.1) is 0 Å². The van der Waals surface area contributed by atoms with Gasteiger partial charge < -0.3 is 20.2 Å². The van der Waals surface area contributed by atoms with Crippen LogP contribution in [0.15, 0.2) is 6.33 Å². The number of nitrogens with one attached hydrogen (secondary N) is 1. The molecule has 1 aliphatic heterocycles. The van der Waals surface area contributed by atoms with E-state index in [1.807, 2.05) is 7.05 Å². The predicted octanol–water partition coefficient (Wildman–Crippen LogP) is -0.774. The van der Waals surface area contributed by atoms with Crippen LogP contribution >= 0.6 is 0 Å². The normalized spacial score (nSPS) is 21.4. The topological polar surface area (TPSA) is 125 Å². The van der Waals surface area contributed by atoms with Crippen molar-refractivity contribution < 1.29 is 8.76 Å². The zero-order chi connectivity index (χ0) is 14.3. The molecule has 0 aromatic carbocycles. The first-order chi connectivity index (χ1) is 9.54. The van der Waals surface area contributed by atoms with Crippen LogP contribution < -0.4 is 11.1 Å². The molecule has 2 aromatic heterocycles. The third-order valence-electron chi connectivity index (χ3n) is 3.28. The maximum absolute atomic E-state index is 10.9. The molecule has 0 spiro atoms. The maximum Gasteiger partial charge on any atom is 0.224 e. The molecule has 0 amide bonds. The van der Waals surface area contributed by atoms with Gasteiger partial charge in [-0.1, -0.05) is 0 Å². The van der Waals surface area contributed by atoms with Gasteiger partial charge in [0.15, 0.2) is 17.0 Å². The first-order valence-electron chi connectivity index (χ1n) is 6.10. The molecule has 0 bridgehead atoms. The van der Waals surface area contributed by atoms with Crippen LogP contribution in [0, 0.1) is 0 Å². The second-order valence-corrected chi connectivity index (χ2v) is 5.64. The Kier molecular flexibility index (Phi) is 3.28. The van der Waals surface area contributed by atoms with Crippen molar-refractivity contribution in [2.24, 2.45) is 7.05 Å². The molecule has 0 radical (unpaired) electrons. The monoisotopic (exact) mass is 296 g/mol. The molecule has 2 unspecified atom stereocenters. The summed E-state index contributed by atoms with van der Waals surface area (Å²) in [7, 11) is 1.82. The van der Waals surface area contributed by atoms with Gasteiger partial charge >= 0.3 is 0 Å². The van der Waals surface area contributed by atoms with Gasteiger partial charge in [-0.25, -0.2) is 9.29 Å². The SMILES string of the molecule is Cn1cnc2c(NC3CCN(S(=O)[O-])C3)nc(N)nc21. The van der Waals surface area contributed by atoms with E-state index in [1.165, 1.54) is 4.31 Å². The van der Waals surface area contributed by atoms with Crippen molar-refractivity contribution >= 4 is 34.2 Å². The van der Waals surface area contributed by atoms with Crippen LogP contribution in [0.5, 0.6) is 0 Å². The molecule has 2 atom stereocenters. The highest BCUT2D eigenvalue weighted by Gasteiger charge is 2.24. The molecule has 1 saturated heterocycles. The minimum absolute atomic E-state index is 0.00703. The third-order valence-corrected chi connectivity index (χ3v) is 4.03. The number of nitrogen functional groups attached to an aromatic ring is 1. The number of imidazole rings is 1. The average molecular weight is 296 g/mol. The summed E-state index contributed by atoms with van der Waals surface area (Å²) < 4.78 is 24.9. The number of rotatable bonds is 3. The van der Waals surface area contributed by atoms with Gasteiger partial charge in [0.2, 0.25) is 5.95 Å². The molecule has 2 aromatic rings. The van der Waals surface area contributed by atoms with Crippen LogP contribution in [0.4, 0.5) is 11.8 Å². The van der Waals surface area contributed by atoms with Gasteiger partial charge in [0.25, 0.3) is 0 Å². The van der Waals surface area contributed by atoms with Gasteiger partial charge in [-0.05, 0) is 6.42 Å². The standard InChI is InChI=1S/C10H15N7O2S/c1-16-5-12-7-8(14-10(11)15-9(7)16)13-6-2-3-17(4-6)20(18)19/h5-6H,2-4H2,1H3,(H,18,19)(H3,11,13,14,15)/p-1. The van der Waals surface area contributed by atoms with Crippen molar-refractivity contribution in [2.75, 3.05) is 24.1 Å². The Balaban J connectivity index is 1.86. The Morgan fingerprint density at radius 2 is 2.35 bits per heavy atom. The van der Waals surface area contributed by atoms with E-state index in [4.69, 9.17) is 5.73 Å². The van der Waals surface area contributed by atoms with Gasteiger partial charge in [0.1, 0.15) is 0 Å². The highest BCUT2D eigenvalue weighted by Crippen LogP contribution is 2.22. The first kappa shape index (κ1) is 13.2. The lowest BCUT2D eigenvalue weighted by atomic mass is 10.2. The molecule has 0 saturated carbocycles. The molecule has 20 heavy (non-hydrogen) atoms. The number of hydrogen-bond donors (Lipinski definition) is 2. The number of hydrogen-bond acceptors (Lipinski definition) is 7. The van der Waals surface area contributed by atoms with E-state index < -0.39 is 11.3 Å². The van der Waals surface area contributed by atoms with E-state index in [0.717, 1.165) is 0 Å². The van der Waals surface area contributed by atoms with Crippen LogP contribution in [0.25, 0.3) is 11.2 Å². The maximum atomic E-state index is 10.9. The zero-order valence-electron chi connectivity index (χ0n) is 10.8. The molecule has 1 aliphatic rings. The molecule has 3 N–H and O–H groups in total. The zero-order valence-corrected chi connectivity index (χ0v) is 11.6. The Hall–Kier alpha value is -1.78. The fraction of sp³-hybridized carbons (Fsp3) is 0.500. The van der Waals surface area contributed by atoms with Crippen molar-refractivity contribution in [1.82, 2.24) is 23.8 Å². The molecule has 108 valence electrons. The van der Waals surface area contributed by atoms with Crippen molar-refractivity contribution in [3.8, 4) is 0 Å². The highest BCUT2D eigenvalue weighted by atomic mass is 32.2. The van der Waals surface area contributed by atoms with E-state index in [-0.39, 0.29) is 12.0 Å². The quantitative estimate of drug-likeness (QED) is 0.712. The molecule has 1 fully saturated rings. The Morgan fingerprint density at radius 3 is 3.05 bits per heavy atom. The van der Waals surface area contributed by atoms with E-state index in [0.29, 0.717) is 36.5 Å². The largest absolute Gasteiger partial charge is 0.760 e. The van der Waals surface area contributed by atoms with E-state index in [2.05, 4.69) is 20.3 Å². The summed E-state index contributed by atoms with van der Waals surface area (Å²) in [6.07, 6.45) is 2.35. The second kappa shape index (κ2) is 4.96. The molecule has 3 rings (SSSR count). The van der Waals surface area contributed by atoms with E-state index in [1.54, 1.807) is 10.9 Å². The Bertz CT molecular complexity index is 673. The van der Waals surface area contributed by atoms with E-state index in [9.17, 15) is 8.76 Å². The van der Waals surface area contributed by atoms with Crippen LogP contribution in [0.3, 0.4) is 0 Å². The second-order valence-electron chi connectivity index (χ2n) is 4.69. The summed E-state index contributed by atoms with van der Waals surface area (Å²) in [6.45, 7) is 0.911. The lowest BCUT2D eigenvalue weighted by molar-refractivity contribution is 0.436. The molecule has 9 nitrogen and oxygen atoms in total. The molecule has 3 heterocycles. The molecule has 10 heteroatoms. The number of fused-ring (bicyclic) bond motifs is 1. The van der Waals surface area contributed by atoms with Gasteiger partial charge in [0, 0.05) is 37.4 Å². The number of nitrogens with zero attached hydrogens (tertiary/aromatic N) is 5. The number of aryl methyl sites for hydroxylation is 1. The van der Waals surface area contributed by atoms with Crippen LogP contribution in [0.1, 0.15) is 6.42 Å². The summed E-state index contributed by atoms with van der Waals surface area (Å²) in [5.74, 6) is 0.697. The third kappa shape index (κ3) is 2.32. The summed E-state index contributed by atoms with van der Waals surface area (Å²) in [5, 5.41) is 3.20. The summed E-state index contributed by atoms with van der Waals surface area (Å²) in [5.41, 5.74) is 6.96. The fourth-order valence-corrected chi connectivity index (χ4v) is 2.86. The summed E-state index contributed by atoms with van der Waals surface area (Å²) in [6, 6.07) is -0.00703. The van der Waals surface area contributed by atoms with Gasteiger partial charge in [0.05, 0.1) is 6.33 Å². The van der Waals surface area contributed by atoms with Crippen molar-refractivity contribution in [1.29, 1.82) is 0 Å². The molecule has 0 aliphatic carbocycles. The van der Waals surface area contributed by atoms with Gasteiger partial charge in [-0.3, -0.25) is 4.21 Å². The fourth-order valence-electron chi connectivity index (χ4n) is 2.30. The lowest BCUT2D eigenvalue weighted by Gasteiger charge is -2.18. The minimum Gasteiger partial charge on any atom is -0.760 e. The van der Waals surface area contributed by atoms with Crippen molar-refractivity contribution in [3.05, 3.63) is 6.33 Å². The lowest BCUT2D eigenvalue weighted by Crippen LogP contribution is -2.28. The van der Waals surface area contributed by atoms with Crippen LogP contribution in [-0.2, 0) is 18.3 Å². The highest BCUT2D eigenvalue weighted by molar-refractivity contribution is 7.76. The first-order valence-corrected chi connectivity index (χ1v) is 7.13. The number of nitrogens with two attached hydrogens (primary N) is 1. The molecular formula is C10H14N7O2S-. The van der Waals surface area contributed by atoms with E-state index >= 15 is 0 Å². The Morgan fingerprint density at radius 1 is 1.55 bits per heavy atom. The van der Waals surface area contributed by atoms with Gasteiger partial charge in [-0.2, -0.15) is 9.97 Å². The number of anilines is 2. The Labute approximate surface area is 117 Å². The van der Waals surface area contributed by atoms with Crippen LogP contribution in [-0.4, -0.2) is 51.7 Å². The summed E-state index contributed by atoms with van der Waals surface area (Å²) >= 11 is -2.18. The predicted molar refractivity (Wildman–Crippen MR) is 73.2 cm³/mol. The molecular weight excluding hydrogens is 282 g/mol.